The highest BCUT2D eigenvalue weighted by molar-refractivity contribution is 5.83. The summed E-state index contributed by atoms with van der Waals surface area (Å²) in [5, 5.41) is 7.57. The van der Waals surface area contributed by atoms with Crippen molar-refractivity contribution < 1.29 is 13.9 Å². The number of carbonyl (C=O) groups excluding carboxylic acids is 1. The second-order valence-electron chi connectivity index (χ2n) is 3.65. The van der Waals surface area contributed by atoms with Crippen LogP contribution >= 0.6 is 0 Å². The number of hydrogen-bond donors (Lipinski definition) is 0. The summed E-state index contributed by atoms with van der Waals surface area (Å²) in [7, 11) is 0. The lowest BCUT2D eigenvalue weighted by molar-refractivity contribution is 0.0478. The topological polar surface area (TPSA) is 65.2 Å². The van der Waals surface area contributed by atoms with E-state index in [1.807, 2.05) is 0 Å². The molecular weight excluding hydrogens is 196 g/mol. The van der Waals surface area contributed by atoms with Crippen LogP contribution in [0.1, 0.15) is 55.1 Å². The van der Waals surface area contributed by atoms with Crippen molar-refractivity contribution >= 4 is 5.97 Å². The van der Waals surface area contributed by atoms with Crippen molar-refractivity contribution in [2.24, 2.45) is 0 Å². The monoisotopic (exact) mass is 210 g/mol. The first kappa shape index (κ1) is 10.1. The third kappa shape index (κ3) is 2.16. The molecule has 0 spiro atoms. The van der Waals surface area contributed by atoms with Crippen LogP contribution in [0.2, 0.25) is 0 Å². The molecule has 5 heteroatoms. The summed E-state index contributed by atoms with van der Waals surface area (Å²) in [5.74, 6) is 0.351. The van der Waals surface area contributed by atoms with Gasteiger partial charge in [0, 0.05) is 5.92 Å². The van der Waals surface area contributed by atoms with Crippen molar-refractivity contribution in [3.05, 3.63) is 11.8 Å². The quantitative estimate of drug-likeness (QED) is 0.713. The Labute approximate surface area is 87.8 Å². The Kier molecular flexibility index (Phi) is 2.99. The Balaban J connectivity index is 2.06. The van der Waals surface area contributed by atoms with Crippen LogP contribution in [0.4, 0.5) is 0 Å². The van der Waals surface area contributed by atoms with E-state index < -0.39 is 5.97 Å². The van der Waals surface area contributed by atoms with Crippen molar-refractivity contribution in [3.63, 3.8) is 0 Å². The molecule has 1 aromatic rings. The molecule has 1 aliphatic carbocycles. The van der Waals surface area contributed by atoms with Crippen molar-refractivity contribution in [3.8, 4) is 0 Å². The van der Waals surface area contributed by atoms with Gasteiger partial charge in [-0.3, -0.25) is 0 Å². The predicted molar refractivity (Wildman–Crippen MR) is 51.5 cm³/mol. The second kappa shape index (κ2) is 4.42. The van der Waals surface area contributed by atoms with Crippen LogP contribution < -0.4 is 0 Å². The number of ether oxygens (including phenoxy) is 1. The average molecular weight is 210 g/mol. The van der Waals surface area contributed by atoms with Gasteiger partial charge in [0.2, 0.25) is 5.89 Å². The lowest BCUT2D eigenvalue weighted by atomic mass is 10.1. The fourth-order valence-corrected chi connectivity index (χ4v) is 1.85. The smallest absolute Gasteiger partial charge is 0.396 e. The Morgan fingerprint density at radius 1 is 1.47 bits per heavy atom. The Morgan fingerprint density at radius 2 is 2.20 bits per heavy atom. The van der Waals surface area contributed by atoms with E-state index >= 15 is 0 Å². The maximum absolute atomic E-state index is 11.3. The summed E-state index contributed by atoms with van der Waals surface area (Å²) in [6.45, 7) is 2.06. The Hall–Kier alpha value is -1.39. The normalized spacial score (nSPS) is 16.9. The fourth-order valence-electron chi connectivity index (χ4n) is 1.85. The van der Waals surface area contributed by atoms with Crippen molar-refractivity contribution in [1.29, 1.82) is 0 Å². The first-order valence-electron chi connectivity index (χ1n) is 5.31. The molecule has 0 bridgehead atoms. The van der Waals surface area contributed by atoms with Crippen LogP contribution in [-0.4, -0.2) is 22.8 Å². The van der Waals surface area contributed by atoms with Gasteiger partial charge in [-0.25, -0.2) is 4.79 Å². The van der Waals surface area contributed by atoms with Crippen LogP contribution in [-0.2, 0) is 4.74 Å². The molecule has 1 saturated carbocycles. The van der Waals surface area contributed by atoms with E-state index in [1.165, 1.54) is 12.8 Å². The van der Waals surface area contributed by atoms with Crippen LogP contribution in [0.5, 0.6) is 0 Å². The summed E-state index contributed by atoms with van der Waals surface area (Å²) >= 11 is 0. The van der Waals surface area contributed by atoms with E-state index in [-0.39, 0.29) is 5.89 Å². The van der Waals surface area contributed by atoms with Crippen LogP contribution in [0, 0.1) is 0 Å². The standard InChI is InChI=1S/C10H14N2O3/c1-2-14-10(13)9-12-11-8(15-9)7-5-3-4-6-7/h7H,2-6H2,1H3. The molecule has 0 aromatic carbocycles. The summed E-state index contributed by atoms with van der Waals surface area (Å²) in [6.07, 6.45) is 4.54. The minimum Gasteiger partial charge on any atom is -0.459 e. The highest BCUT2D eigenvalue weighted by Crippen LogP contribution is 2.33. The van der Waals surface area contributed by atoms with E-state index in [0.717, 1.165) is 12.8 Å². The molecule has 0 radical (unpaired) electrons. The molecule has 82 valence electrons. The zero-order chi connectivity index (χ0) is 10.7. The van der Waals surface area contributed by atoms with Gasteiger partial charge in [-0.2, -0.15) is 0 Å². The SMILES string of the molecule is CCOC(=O)c1nnc(C2CCCC2)o1. The molecule has 0 saturated heterocycles. The summed E-state index contributed by atoms with van der Waals surface area (Å²) in [6, 6.07) is 0. The zero-order valence-electron chi connectivity index (χ0n) is 8.73. The minimum absolute atomic E-state index is 0.0289. The van der Waals surface area contributed by atoms with Crippen molar-refractivity contribution in [2.75, 3.05) is 6.61 Å². The Morgan fingerprint density at radius 3 is 2.87 bits per heavy atom. The second-order valence-corrected chi connectivity index (χ2v) is 3.65. The van der Waals surface area contributed by atoms with Crippen molar-refractivity contribution in [1.82, 2.24) is 10.2 Å². The molecule has 1 aliphatic rings. The zero-order valence-corrected chi connectivity index (χ0v) is 8.73. The molecule has 1 heterocycles. The Bertz CT molecular complexity index is 342. The molecular formula is C10H14N2O3. The number of nitrogens with zero attached hydrogens (tertiary/aromatic N) is 2. The van der Waals surface area contributed by atoms with Gasteiger partial charge in [-0.15, -0.1) is 10.2 Å². The molecule has 0 N–H and O–H groups in total. The highest BCUT2D eigenvalue weighted by atomic mass is 16.5. The van der Waals surface area contributed by atoms with Gasteiger partial charge in [-0.05, 0) is 19.8 Å². The number of esters is 1. The predicted octanol–water partition coefficient (Wildman–Crippen LogP) is 1.90. The van der Waals surface area contributed by atoms with Gasteiger partial charge in [0.25, 0.3) is 0 Å². The molecule has 0 aliphatic heterocycles. The maximum atomic E-state index is 11.3. The van der Waals surface area contributed by atoms with Gasteiger partial charge in [0.05, 0.1) is 6.61 Å². The van der Waals surface area contributed by atoms with E-state index in [0.29, 0.717) is 18.4 Å². The number of carbonyl (C=O) groups is 1. The maximum Gasteiger partial charge on any atom is 0.396 e. The van der Waals surface area contributed by atoms with E-state index in [1.54, 1.807) is 6.92 Å². The lowest BCUT2D eigenvalue weighted by Gasteiger charge is -2.00. The largest absolute Gasteiger partial charge is 0.459 e. The van der Waals surface area contributed by atoms with E-state index in [2.05, 4.69) is 10.2 Å². The lowest BCUT2D eigenvalue weighted by Crippen LogP contribution is -2.04. The molecule has 1 fully saturated rings. The van der Waals surface area contributed by atoms with Crippen LogP contribution in [0.25, 0.3) is 0 Å². The first-order chi connectivity index (χ1) is 7.31. The third-order valence-corrected chi connectivity index (χ3v) is 2.60. The van der Waals surface area contributed by atoms with Crippen LogP contribution in [0.15, 0.2) is 4.42 Å². The summed E-state index contributed by atoms with van der Waals surface area (Å²) in [5.41, 5.74) is 0. The molecule has 0 amide bonds. The van der Waals surface area contributed by atoms with Gasteiger partial charge in [-0.1, -0.05) is 12.8 Å². The molecule has 0 atom stereocenters. The van der Waals surface area contributed by atoms with Crippen LogP contribution in [0.3, 0.4) is 0 Å². The molecule has 5 nitrogen and oxygen atoms in total. The van der Waals surface area contributed by atoms with Gasteiger partial charge >= 0.3 is 11.9 Å². The number of rotatable bonds is 3. The summed E-state index contributed by atoms with van der Waals surface area (Å²) in [4.78, 5) is 11.3. The van der Waals surface area contributed by atoms with Gasteiger partial charge < -0.3 is 9.15 Å². The summed E-state index contributed by atoms with van der Waals surface area (Å²) < 4.78 is 10.1. The van der Waals surface area contributed by atoms with Crippen molar-refractivity contribution in [2.45, 2.75) is 38.5 Å². The first-order valence-corrected chi connectivity index (χ1v) is 5.31. The molecule has 15 heavy (non-hydrogen) atoms. The number of aromatic nitrogens is 2. The van der Waals surface area contributed by atoms with E-state index in [4.69, 9.17) is 9.15 Å². The third-order valence-electron chi connectivity index (χ3n) is 2.60. The fraction of sp³-hybridized carbons (Fsp3) is 0.700. The molecule has 1 aromatic heterocycles. The molecule has 2 rings (SSSR count). The average Bonchev–Trinajstić information content (AvgIpc) is 2.89. The van der Waals surface area contributed by atoms with Gasteiger partial charge in [0.15, 0.2) is 0 Å². The minimum atomic E-state index is -0.533. The number of hydrogen-bond acceptors (Lipinski definition) is 5. The molecule has 0 unspecified atom stereocenters. The van der Waals surface area contributed by atoms with Gasteiger partial charge in [0.1, 0.15) is 0 Å². The highest BCUT2D eigenvalue weighted by Gasteiger charge is 2.24. The van der Waals surface area contributed by atoms with E-state index in [9.17, 15) is 4.79 Å².